The predicted molar refractivity (Wildman–Crippen MR) is 131 cm³/mol. The molecule has 3 N–H and O–H groups in total. The van der Waals surface area contributed by atoms with Crippen molar-refractivity contribution in [2.75, 3.05) is 19.6 Å². The number of hydrogen-bond donors (Lipinski definition) is 3. The van der Waals surface area contributed by atoms with Crippen molar-refractivity contribution in [3.63, 3.8) is 0 Å². The first-order valence-electron chi connectivity index (χ1n) is 12.6. The summed E-state index contributed by atoms with van der Waals surface area (Å²) in [5.41, 5.74) is 0.237. The van der Waals surface area contributed by atoms with Gasteiger partial charge < -0.3 is 16.0 Å². The molecule has 1 heterocycles. The standard InChI is InChI=1S/C27H33F3N4O2/c28-27(29,30)21-10-6-9-20(15-21)26(36)32-17-25(35)33-22-13-14-34(18-22)24-12-5-4-11-23(24)31-16-19-7-2-1-3-8-19/h1-3,6-10,15,22-24,31H,4-5,11-14,16-18H2,(H,32,36)(H,33,35)/t22-,23?,24+/m1/s1. The molecule has 1 saturated carbocycles. The predicted octanol–water partition coefficient (Wildman–Crippen LogP) is 3.73. The topological polar surface area (TPSA) is 73.5 Å². The second-order valence-corrected chi connectivity index (χ2v) is 9.63. The van der Waals surface area contributed by atoms with Gasteiger partial charge in [-0.2, -0.15) is 13.2 Å². The van der Waals surface area contributed by atoms with E-state index in [1.165, 1.54) is 30.5 Å². The van der Waals surface area contributed by atoms with Crippen LogP contribution in [0.3, 0.4) is 0 Å². The van der Waals surface area contributed by atoms with Crippen molar-refractivity contribution in [1.29, 1.82) is 0 Å². The number of halogens is 3. The molecule has 6 nitrogen and oxygen atoms in total. The molecule has 0 spiro atoms. The summed E-state index contributed by atoms with van der Waals surface area (Å²) in [5.74, 6) is -1.05. The van der Waals surface area contributed by atoms with Gasteiger partial charge in [0.05, 0.1) is 12.1 Å². The zero-order chi connectivity index (χ0) is 25.5. The minimum atomic E-state index is -4.53. The van der Waals surface area contributed by atoms with Gasteiger partial charge in [-0.25, -0.2) is 0 Å². The van der Waals surface area contributed by atoms with Crippen molar-refractivity contribution in [3.05, 3.63) is 71.3 Å². The maximum atomic E-state index is 12.9. The molecule has 1 unspecified atom stereocenters. The van der Waals surface area contributed by atoms with Crippen LogP contribution in [-0.4, -0.2) is 54.5 Å². The molecule has 194 valence electrons. The van der Waals surface area contributed by atoms with Crippen molar-refractivity contribution < 1.29 is 22.8 Å². The number of nitrogens with zero attached hydrogens (tertiary/aromatic N) is 1. The second kappa shape index (κ2) is 11.9. The van der Waals surface area contributed by atoms with Gasteiger partial charge in [-0.05, 0) is 43.0 Å². The molecule has 2 fully saturated rings. The minimum absolute atomic E-state index is 0.0142. The first-order chi connectivity index (χ1) is 17.3. The maximum absolute atomic E-state index is 12.9. The van der Waals surface area contributed by atoms with E-state index in [9.17, 15) is 22.8 Å². The highest BCUT2D eigenvalue weighted by atomic mass is 19.4. The fraction of sp³-hybridized carbons (Fsp3) is 0.481. The summed E-state index contributed by atoms with van der Waals surface area (Å²) in [4.78, 5) is 27.1. The van der Waals surface area contributed by atoms with Crippen LogP contribution in [0.5, 0.6) is 0 Å². The third-order valence-electron chi connectivity index (χ3n) is 7.06. The van der Waals surface area contributed by atoms with Crippen molar-refractivity contribution >= 4 is 11.8 Å². The van der Waals surface area contributed by atoms with Gasteiger partial charge in [0.25, 0.3) is 5.91 Å². The van der Waals surface area contributed by atoms with E-state index in [-0.39, 0.29) is 24.1 Å². The number of carbonyl (C=O) groups excluding carboxylic acids is 2. The van der Waals surface area contributed by atoms with E-state index in [4.69, 9.17) is 0 Å². The Morgan fingerprint density at radius 2 is 1.75 bits per heavy atom. The lowest BCUT2D eigenvalue weighted by Gasteiger charge is -2.38. The second-order valence-electron chi connectivity index (χ2n) is 9.63. The third-order valence-corrected chi connectivity index (χ3v) is 7.06. The highest BCUT2D eigenvalue weighted by Crippen LogP contribution is 2.29. The van der Waals surface area contributed by atoms with E-state index < -0.39 is 17.6 Å². The van der Waals surface area contributed by atoms with Crippen LogP contribution < -0.4 is 16.0 Å². The molecule has 0 aromatic heterocycles. The first-order valence-corrected chi connectivity index (χ1v) is 12.6. The lowest BCUT2D eigenvalue weighted by molar-refractivity contribution is -0.137. The summed E-state index contributed by atoms with van der Waals surface area (Å²) in [6, 6.07) is 15.3. The average molecular weight is 503 g/mol. The van der Waals surface area contributed by atoms with Gasteiger partial charge in [-0.15, -0.1) is 0 Å². The Hall–Kier alpha value is -2.91. The summed E-state index contributed by atoms with van der Waals surface area (Å²) < 4.78 is 38.6. The molecule has 0 bridgehead atoms. The Bertz CT molecular complexity index is 1030. The molecular formula is C27H33F3N4O2. The van der Waals surface area contributed by atoms with Crippen LogP contribution in [0.25, 0.3) is 0 Å². The zero-order valence-electron chi connectivity index (χ0n) is 20.2. The fourth-order valence-electron chi connectivity index (χ4n) is 5.22. The van der Waals surface area contributed by atoms with Crippen molar-refractivity contribution in [1.82, 2.24) is 20.9 Å². The van der Waals surface area contributed by atoms with Gasteiger partial charge in [-0.3, -0.25) is 14.5 Å². The van der Waals surface area contributed by atoms with Gasteiger partial charge in [-0.1, -0.05) is 49.2 Å². The molecule has 2 amide bonds. The highest BCUT2D eigenvalue weighted by molar-refractivity contribution is 5.96. The number of amides is 2. The maximum Gasteiger partial charge on any atom is 0.416 e. The summed E-state index contributed by atoms with van der Waals surface area (Å²) in [6.07, 6.45) is 0.963. The Balaban J connectivity index is 1.23. The summed E-state index contributed by atoms with van der Waals surface area (Å²) in [6.45, 7) is 2.20. The van der Waals surface area contributed by atoms with Crippen LogP contribution in [-0.2, 0) is 17.5 Å². The summed E-state index contributed by atoms with van der Waals surface area (Å²) in [7, 11) is 0. The zero-order valence-corrected chi connectivity index (χ0v) is 20.2. The number of hydrogen-bond acceptors (Lipinski definition) is 4. The molecule has 4 rings (SSSR count). The lowest BCUT2D eigenvalue weighted by atomic mass is 9.89. The van der Waals surface area contributed by atoms with Crippen LogP contribution >= 0.6 is 0 Å². The van der Waals surface area contributed by atoms with Gasteiger partial charge in [0, 0.05) is 43.3 Å². The SMILES string of the molecule is O=C(CNC(=O)c1cccc(C(F)(F)F)c1)N[C@@H]1CCN([C@H]2CCCCC2NCc2ccccc2)C1. The number of likely N-dealkylation sites (tertiary alicyclic amines) is 1. The Kier molecular flexibility index (Phi) is 8.64. The van der Waals surface area contributed by atoms with Crippen molar-refractivity contribution in [3.8, 4) is 0 Å². The van der Waals surface area contributed by atoms with Gasteiger partial charge in [0.15, 0.2) is 0 Å². The molecule has 2 aromatic rings. The Morgan fingerprint density at radius 3 is 2.53 bits per heavy atom. The van der Waals surface area contributed by atoms with Crippen LogP contribution in [0, 0.1) is 0 Å². The van der Waals surface area contributed by atoms with E-state index in [0.717, 1.165) is 51.0 Å². The molecule has 36 heavy (non-hydrogen) atoms. The van der Waals surface area contributed by atoms with Crippen LogP contribution in [0.15, 0.2) is 54.6 Å². The fourth-order valence-corrected chi connectivity index (χ4v) is 5.22. The van der Waals surface area contributed by atoms with Crippen LogP contribution in [0.1, 0.15) is 53.6 Å². The molecule has 1 saturated heterocycles. The quantitative estimate of drug-likeness (QED) is 0.515. The normalized spacial score (nSPS) is 22.8. The van der Waals surface area contributed by atoms with E-state index in [0.29, 0.717) is 12.1 Å². The number of rotatable bonds is 8. The molecule has 1 aliphatic heterocycles. The summed E-state index contributed by atoms with van der Waals surface area (Å²) >= 11 is 0. The third kappa shape index (κ3) is 7.07. The smallest absolute Gasteiger partial charge is 0.350 e. The molecular weight excluding hydrogens is 469 g/mol. The number of benzene rings is 2. The molecule has 2 aliphatic rings. The first kappa shape index (κ1) is 26.2. The van der Waals surface area contributed by atoms with Crippen LogP contribution in [0.4, 0.5) is 13.2 Å². The van der Waals surface area contributed by atoms with Crippen molar-refractivity contribution in [2.45, 2.75) is 63.0 Å². The van der Waals surface area contributed by atoms with Gasteiger partial charge in [0.2, 0.25) is 5.91 Å². The minimum Gasteiger partial charge on any atom is -0.350 e. The highest BCUT2D eigenvalue weighted by Gasteiger charge is 2.35. The van der Waals surface area contributed by atoms with E-state index in [2.05, 4.69) is 33.0 Å². The van der Waals surface area contributed by atoms with Gasteiger partial charge >= 0.3 is 6.18 Å². The average Bonchev–Trinajstić information content (AvgIpc) is 3.34. The monoisotopic (exact) mass is 502 g/mol. The van der Waals surface area contributed by atoms with Crippen molar-refractivity contribution in [2.24, 2.45) is 0 Å². The van der Waals surface area contributed by atoms with Crippen LogP contribution in [0.2, 0.25) is 0 Å². The Morgan fingerprint density at radius 1 is 0.972 bits per heavy atom. The Labute approximate surface area is 209 Å². The number of nitrogens with one attached hydrogen (secondary N) is 3. The van der Waals surface area contributed by atoms with Gasteiger partial charge in [0.1, 0.15) is 0 Å². The number of alkyl halides is 3. The lowest BCUT2D eigenvalue weighted by Crippen LogP contribution is -2.52. The molecule has 9 heteroatoms. The number of carbonyl (C=O) groups is 2. The largest absolute Gasteiger partial charge is 0.416 e. The van der Waals surface area contributed by atoms with E-state index >= 15 is 0 Å². The molecule has 1 aliphatic carbocycles. The molecule has 2 aromatic carbocycles. The summed E-state index contributed by atoms with van der Waals surface area (Å²) in [5, 5.41) is 9.13. The van der Waals surface area contributed by atoms with E-state index in [1.54, 1.807) is 0 Å². The molecule has 3 atom stereocenters. The van der Waals surface area contributed by atoms with E-state index in [1.807, 2.05) is 18.2 Å². The molecule has 0 radical (unpaired) electrons.